The molecule has 0 radical (unpaired) electrons. The average Bonchev–Trinajstić information content (AvgIpc) is 3.08. The minimum Gasteiger partial charge on any atom is -0.391 e. The van der Waals surface area contributed by atoms with E-state index in [9.17, 15) is 43.5 Å². The van der Waals surface area contributed by atoms with Crippen LogP contribution >= 0.6 is 0 Å². The summed E-state index contributed by atoms with van der Waals surface area (Å²) in [6.07, 6.45) is 0.279. The zero-order valence-electron chi connectivity index (χ0n) is 29.7. The van der Waals surface area contributed by atoms with Gasteiger partial charge in [-0.05, 0) is 64.5 Å². The van der Waals surface area contributed by atoms with Crippen LogP contribution < -0.4 is 49.1 Å². The first-order chi connectivity index (χ1) is 24.5. The van der Waals surface area contributed by atoms with Gasteiger partial charge in [0.1, 0.15) is 30.5 Å². The Hall–Kier alpha value is -5.59. The van der Waals surface area contributed by atoms with E-state index in [2.05, 4.69) is 36.9 Å². The Morgan fingerprint density at radius 3 is 1.98 bits per heavy atom. The molecule has 13 N–H and O–H groups in total. The summed E-state index contributed by atoms with van der Waals surface area (Å²) in [6, 6.07) is 2.49. The number of aliphatic hydroxyl groups excluding tert-OH is 1. The highest BCUT2D eigenvalue weighted by Crippen LogP contribution is 2.06. The number of aldehydes is 1. The van der Waals surface area contributed by atoms with Gasteiger partial charge in [0.15, 0.2) is 5.96 Å². The van der Waals surface area contributed by atoms with Crippen molar-refractivity contribution >= 4 is 53.6 Å². The highest BCUT2D eigenvalue weighted by atomic mass is 16.3. The number of aliphatic imine (C=N–C) groups is 1. The third-order valence-electron chi connectivity index (χ3n) is 7.52. The first kappa shape index (κ1) is 44.4. The SMILES string of the molecule is CC(=O)N[C@@H](CCC(N)=O)C(=O)N[C@H](C(=O)N[C@@H](C)C(=O)N[C@@H](CCCN=C(N)N)C(=O)N[C@H](C=O)CCCCNC(=O)c1ccccc1)[C@@H](C)O. The van der Waals surface area contributed by atoms with Crippen molar-refractivity contribution < 1.29 is 43.5 Å². The third-order valence-corrected chi connectivity index (χ3v) is 7.52. The summed E-state index contributed by atoms with van der Waals surface area (Å²) in [5.41, 5.74) is 16.4. The number of hydrogen-bond acceptors (Lipinski definition) is 10. The zero-order valence-corrected chi connectivity index (χ0v) is 29.7. The van der Waals surface area contributed by atoms with Crippen LogP contribution in [0.4, 0.5) is 0 Å². The Kier molecular flexibility index (Phi) is 20.3. The fraction of sp³-hybridized carbons (Fsp3) is 0.545. The van der Waals surface area contributed by atoms with Crippen molar-refractivity contribution in [1.82, 2.24) is 31.9 Å². The maximum absolute atomic E-state index is 13.3. The van der Waals surface area contributed by atoms with Gasteiger partial charge in [-0.2, -0.15) is 0 Å². The molecule has 6 atom stereocenters. The largest absolute Gasteiger partial charge is 0.391 e. The second-order valence-electron chi connectivity index (χ2n) is 12.1. The van der Waals surface area contributed by atoms with Crippen molar-refractivity contribution in [3.8, 4) is 0 Å². The number of benzene rings is 1. The second kappa shape index (κ2) is 23.7. The van der Waals surface area contributed by atoms with Gasteiger partial charge in [-0.1, -0.05) is 18.2 Å². The number of nitrogens with two attached hydrogens (primary N) is 3. The van der Waals surface area contributed by atoms with Gasteiger partial charge < -0.3 is 59.0 Å². The molecule has 0 aliphatic heterocycles. The van der Waals surface area contributed by atoms with Crippen LogP contribution in [-0.2, 0) is 33.6 Å². The van der Waals surface area contributed by atoms with Crippen LogP contribution in [0.3, 0.4) is 0 Å². The van der Waals surface area contributed by atoms with E-state index in [1.807, 2.05) is 0 Å². The lowest BCUT2D eigenvalue weighted by Crippen LogP contribution is -2.60. The molecule has 0 heterocycles. The summed E-state index contributed by atoms with van der Waals surface area (Å²) in [4.78, 5) is 103. The molecule has 0 saturated carbocycles. The summed E-state index contributed by atoms with van der Waals surface area (Å²) >= 11 is 0. The van der Waals surface area contributed by atoms with Crippen molar-refractivity contribution in [2.24, 2.45) is 22.2 Å². The van der Waals surface area contributed by atoms with E-state index in [-0.39, 0.29) is 50.5 Å². The fourth-order valence-electron chi connectivity index (χ4n) is 4.74. The van der Waals surface area contributed by atoms with Crippen LogP contribution in [-0.4, -0.2) is 108 Å². The summed E-state index contributed by atoms with van der Waals surface area (Å²) in [5.74, 6) is -5.04. The van der Waals surface area contributed by atoms with Gasteiger partial charge in [0.25, 0.3) is 5.91 Å². The number of nitrogens with one attached hydrogen (secondary N) is 6. The van der Waals surface area contributed by atoms with Crippen LogP contribution in [0.2, 0.25) is 0 Å². The summed E-state index contributed by atoms with van der Waals surface area (Å²) in [6.45, 7) is 4.15. The summed E-state index contributed by atoms with van der Waals surface area (Å²) in [5, 5.41) is 25.2. The maximum atomic E-state index is 13.3. The van der Waals surface area contributed by atoms with Crippen molar-refractivity contribution in [3.05, 3.63) is 35.9 Å². The monoisotopic (exact) mass is 732 g/mol. The number of amides is 7. The molecule has 1 rings (SSSR count). The van der Waals surface area contributed by atoms with E-state index in [1.165, 1.54) is 13.8 Å². The molecule has 0 fully saturated rings. The Balaban J connectivity index is 2.87. The molecule has 0 spiro atoms. The number of unbranched alkanes of at least 4 members (excludes halogenated alkanes) is 1. The molecule has 0 saturated heterocycles. The van der Waals surface area contributed by atoms with E-state index < -0.39 is 71.8 Å². The number of aliphatic hydroxyl groups is 1. The smallest absolute Gasteiger partial charge is 0.251 e. The standard InChI is InChI=1S/C33H52N10O9/c1-19(39-32(52)27(20(2)45)43-31(51)25(40-21(3)46)14-15-26(34)47)28(48)42-24(13-9-17-38-33(35)36)30(50)41-23(18-44)12-7-8-16-37-29(49)22-10-5-4-6-11-22/h4-6,10-11,18-20,23-25,27,45H,7-9,12-17H2,1-3H3,(H2,34,47)(H,37,49)(H,39,52)(H,40,46)(H,41,50)(H,42,48)(H,43,51)(H4,35,36,38)/t19-,20+,23-,24-,25-,27-/m0/s1. The Morgan fingerprint density at radius 2 is 1.40 bits per heavy atom. The van der Waals surface area contributed by atoms with Gasteiger partial charge in [-0.3, -0.25) is 38.6 Å². The topological polar surface area (TPSA) is 319 Å². The van der Waals surface area contributed by atoms with E-state index in [0.717, 1.165) is 6.92 Å². The number of primary amides is 1. The van der Waals surface area contributed by atoms with Crippen molar-refractivity contribution in [3.63, 3.8) is 0 Å². The Labute approximate surface area is 302 Å². The molecule has 288 valence electrons. The molecule has 1 aromatic rings. The lowest BCUT2D eigenvalue weighted by molar-refractivity contribution is -0.136. The number of carbonyl (C=O) groups is 8. The van der Waals surface area contributed by atoms with E-state index in [0.29, 0.717) is 31.2 Å². The molecule has 0 aliphatic carbocycles. The molecule has 52 heavy (non-hydrogen) atoms. The van der Waals surface area contributed by atoms with E-state index in [1.54, 1.807) is 30.3 Å². The van der Waals surface area contributed by atoms with E-state index >= 15 is 0 Å². The minimum atomic E-state index is -1.58. The van der Waals surface area contributed by atoms with Gasteiger partial charge in [0.2, 0.25) is 35.4 Å². The van der Waals surface area contributed by atoms with Gasteiger partial charge in [-0.15, -0.1) is 0 Å². The molecule has 7 amide bonds. The number of rotatable bonds is 24. The molecule has 0 aromatic heterocycles. The van der Waals surface area contributed by atoms with Crippen molar-refractivity contribution in [2.45, 2.75) is 102 Å². The minimum absolute atomic E-state index is 0.0499. The Bertz CT molecular complexity index is 1400. The van der Waals surface area contributed by atoms with Crippen LogP contribution in [0.15, 0.2) is 35.3 Å². The normalized spacial score (nSPS) is 14.1. The molecule has 19 nitrogen and oxygen atoms in total. The molecule has 0 unspecified atom stereocenters. The molecular formula is C33H52N10O9. The molecular weight excluding hydrogens is 680 g/mol. The van der Waals surface area contributed by atoms with Crippen LogP contribution in [0.25, 0.3) is 0 Å². The predicted molar refractivity (Wildman–Crippen MR) is 190 cm³/mol. The number of carbonyl (C=O) groups excluding carboxylic acids is 8. The predicted octanol–water partition coefficient (Wildman–Crippen LogP) is -3.05. The highest BCUT2D eigenvalue weighted by molar-refractivity contribution is 5.96. The van der Waals surface area contributed by atoms with Crippen LogP contribution in [0.1, 0.15) is 76.1 Å². The highest BCUT2D eigenvalue weighted by Gasteiger charge is 2.32. The molecule has 1 aromatic carbocycles. The van der Waals surface area contributed by atoms with Gasteiger partial charge >= 0.3 is 0 Å². The number of hydrogen-bond donors (Lipinski definition) is 10. The first-order valence-corrected chi connectivity index (χ1v) is 16.8. The second-order valence-corrected chi connectivity index (χ2v) is 12.1. The molecule has 19 heteroatoms. The van der Waals surface area contributed by atoms with Gasteiger partial charge in [-0.25, -0.2) is 0 Å². The lowest BCUT2D eigenvalue weighted by Gasteiger charge is -2.26. The lowest BCUT2D eigenvalue weighted by atomic mass is 10.1. The quantitative estimate of drug-likeness (QED) is 0.0220. The molecule has 0 bridgehead atoms. The average molecular weight is 733 g/mol. The summed E-state index contributed by atoms with van der Waals surface area (Å²) < 4.78 is 0. The number of nitrogens with zero attached hydrogens (tertiary/aromatic N) is 1. The van der Waals surface area contributed by atoms with Crippen molar-refractivity contribution in [1.29, 1.82) is 0 Å². The van der Waals surface area contributed by atoms with Gasteiger partial charge in [0, 0.05) is 32.0 Å². The van der Waals surface area contributed by atoms with Crippen molar-refractivity contribution in [2.75, 3.05) is 13.1 Å². The van der Waals surface area contributed by atoms with Crippen LogP contribution in [0.5, 0.6) is 0 Å². The Morgan fingerprint density at radius 1 is 0.769 bits per heavy atom. The number of guanidine groups is 1. The maximum Gasteiger partial charge on any atom is 0.251 e. The van der Waals surface area contributed by atoms with Gasteiger partial charge in [0.05, 0.1) is 12.1 Å². The fourth-order valence-corrected chi connectivity index (χ4v) is 4.74. The first-order valence-electron chi connectivity index (χ1n) is 16.8. The van der Waals surface area contributed by atoms with E-state index in [4.69, 9.17) is 17.2 Å². The summed E-state index contributed by atoms with van der Waals surface area (Å²) in [7, 11) is 0. The van der Waals surface area contributed by atoms with Crippen LogP contribution in [0, 0.1) is 0 Å². The molecule has 0 aliphatic rings. The third kappa shape index (κ3) is 17.9. The zero-order chi connectivity index (χ0) is 39.2.